The molecular weight excluding hydrogens is 391 g/mol. The lowest BCUT2D eigenvalue weighted by Gasteiger charge is -2.19. The molecule has 10 heteroatoms. The first kappa shape index (κ1) is 20.9. The van der Waals surface area contributed by atoms with Gasteiger partial charge in [-0.15, -0.1) is 0 Å². The first-order chi connectivity index (χ1) is 12.3. The molecule has 0 saturated heterocycles. The fourth-order valence-corrected chi connectivity index (χ4v) is 2.32. The molecule has 0 N–H and O–H groups in total. The number of alkyl halides is 7. The second kappa shape index (κ2) is 7.32. The molecule has 0 aliphatic heterocycles. The van der Waals surface area contributed by atoms with E-state index in [-0.39, 0.29) is 11.1 Å². The van der Waals surface area contributed by atoms with Gasteiger partial charge in [0.05, 0.1) is 5.56 Å². The fourth-order valence-electron chi connectivity index (χ4n) is 2.32. The van der Waals surface area contributed by atoms with Crippen molar-refractivity contribution in [2.75, 3.05) is 0 Å². The highest BCUT2D eigenvalue weighted by atomic mass is 19.4. The average molecular weight is 402 g/mol. The molecule has 2 rings (SSSR count). The van der Waals surface area contributed by atoms with Crippen molar-refractivity contribution >= 4 is 0 Å². The number of hydrogen-bond acceptors (Lipinski definition) is 1. The van der Waals surface area contributed by atoms with Crippen LogP contribution in [0.1, 0.15) is 29.5 Å². The van der Waals surface area contributed by atoms with Crippen LogP contribution in [-0.4, -0.2) is 12.5 Å². The van der Waals surface area contributed by atoms with Crippen LogP contribution in [0.4, 0.5) is 39.5 Å². The molecular formula is C17H11F9O. The molecule has 0 fully saturated rings. The highest BCUT2D eigenvalue weighted by Gasteiger charge is 2.44. The minimum atomic E-state index is -4.98. The van der Waals surface area contributed by atoms with Crippen molar-refractivity contribution in [3.05, 3.63) is 64.7 Å². The van der Waals surface area contributed by atoms with E-state index in [0.29, 0.717) is 18.2 Å². The van der Waals surface area contributed by atoms with Crippen LogP contribution >= 0.6 is 0 Å². The van der Waals surface area contributed by atoms with E-state index >= 15 is 0 Å². The lowest BCUT2D eigenvalue weighted by molar-refractivity contribution is -0.253. The smallest absolute Gasteiger partial charge is 0.428 e. The van der Waals surface area contributed by atoms with Gasteiger partial charge in [-0.25, -0.2) is 8.78 Å². The van der Waals surface area contributed by atoms with E-state index in [2.05, 4.69) is 4.74 Å². The fraction of sp³-hybridized carbons (Fsp3) is 0.294. The molecule has 0 aromatic heterocycles. The van der Waals surface area contributed by atoms with Crippen LogP contribution in [0.2, 0.25) is 0 Å². The van der Waals surface area contributed by atoms with Gasteiger partial charge in [0.1, 0.15) is 17.4 Å². The molecule has 1 atom stereocenters. The molecule has 0 heterocycles. The molecule has 0 bridgehead atoms. The van der Waals surface area contributed by atoms with Crippen LogP contribution in [0, 0.1) is 11.6 Å². The van der Waals surface area contributed by atoms with Crippen LogP contribution in [0.15, 0.2) is 36.4 Å². The molecule has 0 spiro atoms. The Bertz CT molecular complexity index is 815. The Labute approximate surface area is 147 Å². The van der Waals surface area contributed by atoms with Crippen molar-refractivity contribution in [2.45, 2.75) is 31.6 Å². The van der Waals surface area contributed by atoms with Crippen LogP contribution in [0.25, 0.3) is 0 Å². The third-order valence-corrected chi connectivity index (χ3v) is 3.70. The summed E-state index contributed by atoms with van der Waals surface area (Å²) in [6.07, 6.45) is -14.0. The summed E-state index contributed by atoms with van der Waals surface area (Å²) in [5, 5.41) is 0. The molecule has 1 unspecified atom stereocenters. The molecule has 2 aromatic carbocycles. The Morgan fingerprint density at radius 2 is 1.48 bits per heavy atom. The molecule has 1 nitrogen and oxygen atoms in total. The highest BCUT2D eigenvalue weighted by molar-refractivity contribution is 5.39. The van der Waals surface area contributed by atoms with Crippen LogP contribution < -0.4 is 4.74 Å². The second-order valence-corrected chi connectivity index (χ2v) is 5.64. The maximum Gasteiger partial charge on any atom is 0.461 e. The van der Waals surface area contributed by atoms with Gasteiger partial charge >= 0.3 is 18.7 Å². The van der Waals surface area contributed by atoms with Crippen molar-refractivity contribution in [3.8, 4) is 5.75 Å². The van der Waals surface area contributed by atoms with Gasteiger partial charge < -0.3 is 4.74 Å². The molecule has 0 aliphatic rings. The summed E-state index contributed by atoms with van der Waals surface area (Å²) in [6, 6.07) is 4.11. The van der Waals surface area contributed by atoms with Crippen molar-refractivity contribution in [1.82, 2.24) is 0 Å². The zero-order valence-electron chi connectivity index (χ0n) is 13.4. The van der Waals surface area contributed by atoms with E-state index in [4.69, 9.17) is 0 Å². The summed E-state index contributed by atoms with van der Waals surface area (Å²) in [5.41, 5.74) is -1.78. The normalized spacial score (nSPS) is 13.7. The minimum Gasteiger partial charge on any atom is -0.428 e. The van der Waals surface area contributed by atoms with E-state index in [1.807, 2.05) is 0 Å². The predicted molar refractivity (Wildman–Crippen MR) is 76.9 cm³/mol. The number of hydrogen-bond donors (Lipinski definition) is 0. The van der Waals surface area contributed by atoms with Crippen molar-refractivity contribution in [1.29, 1.82) is 0 Å². The molecule has 0 radical (unpaired) electrons. The second-order valence-electron chi connectivity index (χ2n) is 5.64. The Morgan fingerprint density at radius 3 is 2.04 bits per heavy atom. The van der Waals surface area contributed by atoms with Gasteiger partial charge in [0, 0.05) is 12.0 Å². The first-order valence-electron chi connectivity index (χ1n) is 7.33. The van der Waals surface area contributed by atoms with E-state index in [9.17, 15) is 39.5 Å². The van der Waals surface area contributed by atoms with E-state index in [0.717, 1.165) is 18.2 Å². The predicted octanol–water partition coefficient (Wildman–Crippen LogP) is 6.37. The van der Waals surface area contributed by atoms with Crippen LogP contribution in [-0.2, 0) is 6.18 Å². The Morgan fingerprint density at radius 1 is 0.852 bits per heavy atom. The third kappa shape index (κ3) is 4.86. The van der Waals surface area contributed by atoms with Crippen LogP contribution in [0.3, 0.4) is 0 Å². The monoisotopic (exact) mass is 402 g/mol. The Kier molecular flexibility index (Phi) is 5.67. The van der Waals surface area contributed by atoms with Gasteiger partial charge in [-0.2, -0.15) is 30.7 Å². The molecule has 0 amide bonds. The van der Waals surface area contributed by atoms with Gasteiger partial charge in [-0.1, -0.05) is 13.0 Å². The summed E-state index contributed by atoms with van der Waals surface area (Å²) in [7, 11) is 0. The largest absolute Gasteiger partial charge is 0.461 e. The van der Waals surface area contributed by atoms with Crippen LogP contribution in [0.5, 0.6) is 5.75 Å². The first-order valence-corrected chi connectivity index (χ1v) is 7.33. The topological polar surface area (TPSA) is 9.23 Å². The van der Waals surface area contributed by atoms with Gasteiger partial charge in [-0.05, 0) is 35.4 Å². The number of rotatable bonds is 5. The summed E-state index contributed by atoms with van der Waals surface area (Å²) < 4.78 is 120. The summed E-state index contributed by atoms with van der Waals surface area (Å²) in [5.74, 6) is -4.58. The number of ether oxygens (including phenoxy) is 1. The average Bonchev–Trinajstić information content (AvgIpc) is 2.52. The maximum absolute atomic E-state index is 13.7. The Balaban J connectivity index is 2.41. The molecule has 0 aliphatic carbocycles. The van der Waals surface area contributed by atoms with Crippen molar-refractivity contribution < 1.29 is 44.3 Å². The number of halogens is 9. The Hall–Kier alpha value is -2.39. The van der Waals surface area contributed by atoms with Gasteiger partial charge in [0.2, 0.25) is 0 Å². The van der Waals surface area contributed by atoms with E-state index in [1.165, 1.54) is 6.92 Å². The van der Waals surface area contributed by atoms with Gasteiger partial charge in [0.25, 0.3) is 0 Å². The maximum atomic E-state index is 13.7. The lowest BCUT2D eigenvalue weighted by atomic mass is 9.91. The van der Waals surface area contributed by atoms with E-state index in [1.54, 1.807) is 0 Å². The van der Waals surface area contributed by atoms with Gasteiger partial charge in [0.15, 0.2) is 0 Å². The summed E-state index contributed by atoms with van der Waals surface area (Å²) >= 11 is 0. The van der Waals surface area contributed by atoms with Gasteiger partial charge in [-0.3, -0.25) is 0 Å². The van der Waals surface area contributed by atoms with E-state index < -0.39 is 47.6 Å². The zero-order chi connectivity index (χ0) is 20.6. The standard InChI is InChI=1S/C17H11F9O/c1-8(9-2-3-14(19)13(6-9)16(22,23)24)10-4-11(18)7-12(5-10)27-17(25,26)15(20)21/h2-8,15H,1H3. The third-order valence-electron chi connectivity index (χ3n) is 3.70. The molecule has 2 aromatic rings. The van der Waals surface area contributed by atoms with Crippen molar-refractivity contribution in [3.63, 3.8) is 0 Å². The molecule has 27 heavy (non-hydrogen) atoms. The quantitative estimate of drug-likeness (QED) is 0.528. The molecule has 148 valence electrons. The summed E-state index contributed by atoms with van der Waals surface area (Å²) in [6.45, 7) is 1.30. The SMILES string of the molecule is CC(c1cc(F)cc(OC(F)(F)C(F)F)c1)c1ccc(F)c(C(F)(F)F)c1. The van der Waals surface area contributed by atoms with Crippen molar-refractivity contribution in [2.24, 2.45) is 0 Å². The minimum absolute atomic E-state index is 0.0964. The highest BCUT2D eigenvalue weighted by Crippen LogP contribution is 2.36. The molecule has 0 saturated carbocycles. The lowest BCUT2D eigenvalue weighted by Crippen LogP contribution is -2.33. The number of benzene rings is 2. The zero-order valence-corrected chi connectivity index (χ0v) is 13.4. The summed E-state index contributed by atoms with van der Waals surface area (Å²) in [4.78, 5) is 0.